The Morgan fingerprint density at radius 2 is 1.49 bits per heavy atom. The molecule has 1 aliphatic heterocycles. The number of carbonyl (C=O) groups is 2. The van der Waals surface area contributed by atoms with Gasteiger partial charge in [-0.05, 0) is 92.9 Å². The van der Waals surface area contributed by atoms with E-state index < -0.39 is 17.7 Å². The zero-order chi connectivity index (χ0) is 25.3. The quantitative estimate of drug-likeness (QED) is 0.247. The normalized spacial score (nSPS) is 17.2. The number of anilines is 2. The smallest absolute Gasteiger partial charge is 0.300 e. The molecule has 1 atom stereocenters. The SMILES string of the molecule is CCN(CC)c1ccc(C2/C(=C(\O)c3ccc(Cl)cc3)C(=O)C(=O)N2c2cc(C)cc(C)c2)cc1. The van der Waals surface area contributed by atoms with Gasteiger partial charge in [0.05, 0.1) is 11.6 Å². The van der Waals surface area contributed by atoms with E-state index in [-0.39, 0.29) is 11.3 Å². The minimum atomic E-state index is -0.766. The molecule has 0 bridgehead atoms. The number of hydrogen-bond acceptors (Lipinski definition) is 4. The molecule has 0 aromatic heterocycles. The summed E-state index contributed by atoms with van der Waals surface area (Å²) in [6.07, 6.45) is 0. The van der Waals surface area contributed by atoms with Crippen LogP contribution in [0.15, 0.2) is 72.3 Å². The van der Waals surface area contributed by atoms with Gasteiger partial charge in [0.25, 0.3) is 11.7 Å². The van der Waals surface area contributed by atoms with Gasteiger partial charge in [-0.3, -0.25) is 14.5 Å². The summed E-state index contributed by atoms with van der Waals surface area (Å²) in [5, 5.41) is 11.8. The molecule has 1 heterocycles. The van der Waals surface area contributed by atoms with Crippen LogP contribution in [0.1, 0.15) is 42.1 Å². The number of Topliss-reactive ketones (excluding diaryl/α,β-unsaturated/α-hetero) is 1. The van der Waals surface area contributed by atoms with Crippen LogP contribution in [-0.2, 0) is 9.59 Å². The summed E-state index contributed by atoms with van der Waals surface area (Å²) in [6, 6.07) is 19.4. The summed E-state index contributed by atoms with van der Waals surface area (Å²) in [5.41, 5.74) is 4.88. The molecule has 1 saturated heterocycles. The zero-order valence-corrected chi connectivity index (χ0v) is 21.1. The van der Waals surface area contributed by atoms with Gasteiger partial charge in [-0.2, -0.15) is 0 Å². The number of aryl methyl sites for hydroxylation is 2. The molecule has 180 valence electrons. The van der Waals surface area contributed by atoms with E-state index >= 15 is 0 Å². The van der Waals surface area contributed by atoms with Crippen LogP contribution in [-0.4, -0.2) is 29.9 Å². The molecule has 3 aromatic carbocycles. The number of hydrogen-bond donors (Lipinski definition) is 1. The van der Waals surface area contributed by atoms with Gasteiger partial charge in [0.15, 0.2) is 0 Å². The summed E-state index contributed by atoms with van der Waals surface area (Å²) < 4.78 is 0. The Kier molecular flexibility index (Phi) is 6.99. The highest BCUT2D eigenvalue weighted by molar-refractivity contribution is 6.51. The first-order valence-electron chi connectivity index (χ1n) is 11.7. The fourth-order valence-electron chi connectivity index (χ4n) is 4.72. The van der Waals surface area contributed by atoms with Crippen molar-refractivity contribution in [2.75, 3.05) is 22.9 Å². The number of amides is 1. The topological polar surface area (TPSA) is 60.9 Å². The molecule has 1 aliphatic rings. The van der Waals surface area contributed by atoms with Crippen LogP contribution >= 0.6 is 11.6 Å². The van der Waals surface area contributed by atoms with Gasteiger partial charge in [0.2, 0.25) is 0 Å². The Morgan fingerprint density at radius 1 is 0.914 bits per heavy atom. The minimum absolute atomic E-state index is 0.0621. The Balaban J connectivity index is 1.91. The molecular weight excluding hydrogens is 460 g/mol. The Hall–Kier alpha value is -3.57. The third kappa shape index (κ3) is 4.69. The lowest BCUT2D eigenvalue weighted by Crippen LogP contribution is -2.29. The van der Waals surface area contributed by atoms with E-state index in [1.807, 2.05) is 56.3 Å². The lowest BCUT2D eigenvalue weighted by molar-refractivity contribution is -0.132. The van der Waals surface area contributed by atoms with Crippen LogP contribution in [0.4, 0.5) is 11.4 Å². The first-order valence-corrected chi connectivity index (χ1v) is 12.1. The van der Waals surface area contributed by atoms with E-state index in [2.05, 4.69) is 18.7 Å². The van der Waals surface area contributed by atoms with Crippen molar-refractivity contribution in [1.82, 2.24) is 0 Å². The highest BCUT2D eigenvalue weighted by Crippen LogP contribution is 2.43. The summed E-state index contributed by atoms with van der Waals surface area (Å²) in [5.74, 6) is -1.59. The van der Waals surface area contributed by atoms with Gasteiger partial charge >= 0.3 is 0 Å². The Morgan fingerprint density at radius 3 is 2.03 bits per heavy atom. The summed E-state index contributed by atoms with van der Waals surface area (Å²) in [4.78, 5) is 30.4. The van der Waals surface area contributed by atoms with Gasteiger partial charge in [-0.15, -0.1) is 0 Å². The molecule has 0 radical (unpaired) electrons. The molecule has 5 nitrogen and oxygen atoms in total. The van der Waals surface area contributed by atoms with Crippen LogP contribution in [0.25, 0.3) is 5.76 Å². The largest absolute Gasteiger partial charge is 0.507 e. The predicted molar refractivity (Wildman–Crippen MR) is 142 cm³/mol. The summed E-state index contributed by atoms with van der Waals surface area (Å²) in [7, 11) is 0. The fraction of sp³-hybridized carbons (Fsp3) is 0.241. The average Bonchev–Trinajstić information content (AvgIpc) is 3.10. The molecule has 0 spiro atoms. The van der Waals surface area contributed by atoms with Crippen LogP contribution in [0.2, 0.25) is 5.02 Å². The number of ketones is 1. The van der Waals surface area contributed by atoms with Crippen molar-refractivity contribution in [3.8, 4) is 0 Å². The Bertz CT molecular complexity index is 1270. The molecule has 35 heavy (non-hydrogen) atoms. The molecular formula is C29H29ClN2O3. The van der Waals surface area contributed by atoms with E-state index in [1.54, 1.807) is 24.3 Å². The number of halogens is 1. The van der Waals surface area contributed by atoms with Crippen molar-refractivity contribution < 1.29 is 14.7 Å². The maximum atomic E-state index is 13.4. The lowest BCUT2D eigenvalue weighted by Gasteiger charge is -2.27. The molecule has 1 fully saturated rings. The number of benzene rings is 3. The molecule has 4 rings (SSSR count). The molecule has 6 heteroatoms. The van der Waals surface area contributed by atoms with E-state index in [0.29, 0.717) is 16.3 Å². The van der Waals surface area contributed by atoms with E-state index in [0.717, 1.165) is 35.5 Å². The first kappa shape index (κ1) is 24.6. The number of rotatable bonds is 6. The standard InChI is InChI=1S/C29H29ClN2O3/c1-5-31(6-2)23-13-9-20(10-14-23)26-25(27(33)21-7-11-22(30)12-8-21)28(34)29(35)32(26)24-16-18(3)15-19(4)17-24/h7-17,26,33H,5-6H2,1-4H3/b27-25+. The van der Waals surface area contributed by atoms with Crippen molar-refractivity contribution >= 4 is 40.4 Å². The summed E-state index contributed by atoms with van der Waals surface area (Å²) >= 11 is 6.02. The zero-order valence-electron chi connectivity index (χ0n) is 20.4. The third-order valence-corrected chi connectivity index (χ3v) is 6.64. The van der Waals surface area contributed by atoms with Crippen LogP contribution < -0.4 is 9.80 Å². The molecule has 1 N–H and O–H groups in total. The molecule has 1 amide bonds. The van der Waals surface area contributed by atoms with E-state index in [1.165, 1.54) is 4.90 Å². The monoisotopic (exact) mass is 488 g/mol. The molecule has 1 unspecified atom stereocenters. The second-order valence-electron chi connectivity index (χ2n) is 8.79. The van der Waals surface area contributed by atoms with Gasteiger partial charge in [0, 0.05) is 35.1 Å². The van der Waals surface area contributed by atoms with Crippen molar-refractivity contribution in [3.05, 3.63) is 99.6 Å². The lowest BCUT2D eigenvalue weighted by atomic mass is 9.94. The average molecular weight is 489 g/mol. The van der Waals surface area contributed by atoms with E-state index in [9.17, 15) is 14.7 Å². The number of nitrogens with zero attached hydrogens (tertiary/aromatic N) is 2. The number of carbonyl (C=O) groups excluding carboxylic acids is 2. The summed E-state index contributed by atoms with van der Waals surface area (Å²) in [6.45, 7) is 9.83. The first-order chi connectivity index (χ1) is 16.7. The van der Waals surface area contributed by atoms with Gasteiger partial charge in [0.1, 0.15) is 5.76 Å². The van der Waals surface area contributed by atoms with E-state index in [4.69, 9.17) is 11.6 Å². The third-order valence-electron chi connectivity index (χ3n) is 6.38. The van der Waals surface area contributed by atoms with Crippen LogP contribution in [0.5, 0.6) is 0 Å². The van der Waals surface area contributed by atoms with Gasteiger partial charge in [-0.1, -0.05) is 29.8 Å². The fourth-order valence-corrected chi connectivity index (χ4v) is 4.85. The maximum absolute atomic E-state index is 13.4. The van der Waals surface area contributed by atoms with Crippen LogP contribution in [0.3, 0.4) is 0 Å². The Labute approximate surface area is 211 Å². The maximum Gasteiger partial charge on any atom is 0.300 e. The minimum Gasteiger partial charge on any atom is -0.507 e. The number of aliphatic hydroxyl groups is 1. The molecule has 0 saturated carbocycles. The second kappa shape index (κ2) is 9.96. The highest BCUT2D eigenvalue weighted by Gasteiger charge is 2.47. The van der Waals surface area contributed by atoms with Gasteiger partial charge in [-0.25, -0.2) is 0 Å². The second-order valence-corrected chi connectivity index (χ2v) is 9.22. The molecule has 0 aliphatic carbocycles. The predicted octanol–water partition coefficient (Wildman–Crippen LogP) is 6.43. The van der Waals surface area contributed by atoms with Gasteiger partial charge < -0.3 is 10.0 Å². The molecule has 3 aromatic rings. The van der Waals surface area contributed by atoms with Crippen molar-refractivity contribution in [2.45, 2.75) is 33.7 Å². The highest BCUT2D eigenvalue weighted by atomic mass is 35.5. The van der Waals surface area contributed by atoms with Crippen molar-refractivity contribution in [1.29, 1.82) is 0 Å². The van der Waals surface area contributed by atoms with Crippen molar-refractivity contribution in [2.24, 2.45) is 0 Å². The van der Waals surface area contributed by atoms with Crippen molar-refractivity contribution in [3.63, 3.8) is 0 Å². The number of aliphatic hydroxyl groups excluding tert-OH is 1. The van der Waals surface area contributed by atoms with Crippen LogP contribution in [0, 0.1) is 13.8 Å².